The Bertz CT molecular complexity index is 1130. The molecule has 0 saturated carbocycles. The third kappa shape index (κ3) is 4.36. The number of pyridine rings is 1. The van der Waals surface area contributed by atoms with Crippen molar-refractivity contribution in [3.8, 4) is 5.75 Å². The van der Waals surface area contributed by atoms with Crippen LogP contribution in [0.5, 0.6) is 5.75 Å². The summed E-state index contributed by atoms with van der Waals surface area (Å²) in [4.78, 5) is 6.49. The van der Waals surface area contributed by atoms with Gasteiger partial charge < -0.3 is 14.2 Å². The van der Waals surface area contributed by atoms with Crippen LogP contribution in [0.1, 0.15) is 11.4 Å². The molecule has 0 atom stereocenters. The number of hydrogen-bond acceptors (Lipinski definition) is 7. The van der Waals surface area contributed by atoms with E-state index in [2.05, 4.69) is 14.9 Å². The highest BCUT2D eigenvalue weighted by Gasteiger charge is 2.28. The molecule has 2 aromatic heterocycles. The van der Waals surface area contributed by atoms with E-state index < -0.39 is 16.6 Å². The van der Waals surface area contributed by atoms with E-state index in [9.17, 15) is 17.2 Å². The van der Waals surface area contributed by atoms with E-state index in [0.29, 0.717) is 42.8 Å². The predicted octanol–water partition coefficient (Wildman–Crippen LogP) is 2.78. The van der Waals surface area contributed by atoms with E-state index in [4.69, 9.17) is 4.52 Å². The van der Waals surface area contributed by atoms with E-state index in [1.807, 2.05) is 17.9 Å². The van der Waals surface area contributed by atoms with Crippen LogP contribution in [0, 0.1) is 6.92 Å². The van der Waals surface area contributed by atoms with Gasteiger partial charge in [-0.2, -0.15) is 13.1 Å². The van der Waals surface area contributed by atoms with Gasteiger partial charge >= 0.3 is 6.61 Å². The molecule has 1 fully saturated rings. The Morgan fingerprint density at radius 1 is 1.17 bits per heavy atom. The Morgan fingerprint density at radius 2 is 1.93 bits per heavy atom. The molecule has 0 amide bonds. The number of hydrogen-bond donors (Lipinski definition) is 0. The molecule has 3 aromatic rings. The zero-order valence-electron chi connectivity index (χ0n) is 16.2. The van der Waals surface area contributed by atoms with Gasteiger partial charge in [-0.15, -0.1) is 0 Å². The lowest BCUT2D eigenvalue weighted by Crippen LogP contribution is -2.49. The van der Waals surface area contributed by atoms with Crippen molar-refractivity contribution >= 4 is 26.6 Å². The zero-order chi connectivity index (χ0) is 21.3. The van der Waals surface area contributed by atoms with Crippen LogP contribution in [-0.2, 0) is 15.8 Å². The summed E-state index contributed by atoms with van der Waals surface area (Å²) in [5.74, 6) is -0.159. The van der Waals surface area contributed by atoms with Crippen molar-refractivity contribution in [2.24, 2.45) is 0 Å². The van der Waals surface area contributed by atoms with Gasteiger partial charge in [0.05, 0.1) is 11.2 Å². The third-order valence-corrected chi connectivity index (χ3v) is 6.72. The number of sulfonamides is 1. The summed E-state index contributed by atoms with van der Waals surface area (Å²) >= 11 is 0. The summed E-state index contributed by atoms with van der Waals surface area (Å²) in [7, 11) is -3.51. The fourth-order valence-corrected chi connectivity index (χ4v) is 4.98. The van der Waals surface area contributed by atoms with Crippen molar-refractivity contribution in [3.63, 3.8) is 0 Å². The van der Waals surface area contributed by atoms with Gasteiger partial charge in [0.2, 0.25) is 10.0 Å². The Morgan fingerprint density at radius 3 is 2.60 bits per heavy atom. The molecule has 0 bridgehead atoms. The number of benzene rings is 1. The minimum Gasteiger partial charge on any atom is -0.435 e. The number of nitrogens with zero attached hydrogens (tertiary/aromatic N) is 4. The maximum absolute atomic E-state index is 12.6. The summed E-state index contributed by atoms with van der Waals surface area (Å²) < 4.78 is 61.2. The highest BCUT2D eigenvalue weighted by molar-refractivity contribution is 7.88. The second kappa shape index (κ2) is 8.15. The molecule has 11 heteroatoms. The standard InChI is InChI=1S/C19H20F2N4O4S/c1-13-10-18(16-11-15(29-19(20)21)2-3-17(16)22-13)24-5-7-25(8-6-24)30(26,27)12-14-4-9-28-23-14/h2-4,9-11,19H,5-8,12H2,1H3. The van der Waals surface area contributed by atoms with Gasteiger partial charge in [-0.1, -0.05) is 5.16 Å². The van der Waals surface area contributed by atoms with Crippen LogP contribution in [0.3, 0.4) is 0 Å². The number of piperazine rings is 1. The first-order chi connectivity index (χ1) is 14.3. The van der Waals surface area contributed by atoms with Crippen LogP contribution in [-0.4, -0.2) is 55.7 Å². The molecule has 0 aliphatic carbocycles. The molecule has 8 nitrogen and oxygen atoms in total. The number of ether oxygens (including phenoxy) is 1. The van der Waals surface area contributed by atoms with Crippen molar-refractivity contribution in [3.05, 3.63) is 48.0 Å². The first-order valence-electron chi connectivity index (χ1n) is 9.30. The monoisotopic (exact) mass is 438 g/mol. The zero-order valence-corrected chi connectivity index (χ0v) is 17.0. The maximum atomic E-state index is 12.6. The largest absolute Gasteiger partial charge is 0.435 e. The molecule has 0 spiro atoms. The SMILES string of the molecule is Cc1cc(N2CCN(S(=O)(=O)Cc3ccon3)CC2)c2cc(OC(F)F)ccc2n1. The highest BCUT2D eigenvalue weighted by atomic mass is 32.2. The molecule has 30 heavy (non-hydrogen) atoms. The molecular formula is C19H20F2N4O4S. The van der Waals surface area contributed by atoms with Gasteiger partial charge in [-0.25, -0.2) is 8.42 Å². The van der Waals surface area contributed by atoms with Gasteiger partial charge in [-0.05, 0) is 31.2 Å². The first kappa shape index (κ1) is 20.5. The molecule has 1 saturated heterocycles. The maximum Gasteiger partial charge on any atom is 0.387 e. The van der Waals surface area contributed by atoms with Crippen LogP contribution in [0.25, 0.3) is 10.9 Å². The van der Waals surface area contributed by atoms with Crippen LogP contribution < -0.4 is 9.64 Å². The molecule has 0 unspecified atom stereocenters. The molecule has 0 N–H and O–H groups in total. The molecule has 1 aromatic carbocycles. The normalized spacial score (nSPS) is 15.8. The number of rotatable bonds is 6. The minimum atomic E-state index is -3.51. The second-order valence-electron chi connectivity index (χ2n) is 6.97. The van der Waals surface area contributed by atoms with E-state index in [-0.39, 0.29) is 11.5 Å². The third-order valence-electron chi connectivity index (χ3n) is 4.91. The number of anilines is 1. The second-order valence-corrected chi connectivity index (χ2v) is 8.94. The van der Waals surface area contributed by atoms with Crippen LogP contribution in [0.4, 0.5) is 14.5 Å². The van der Waals surface area contributed by atoms with Gasteiger partial charge in [-0.3, -0.25) is 4.98 Å². The molecule has 3 heterocycles. The topological polar surface area (TPSA) is 88.8 Å². The summed E-state index contributed by atoms with van der Waals surface area (Å²) in [5.41, 5.74) is 2.61. The Kier molecular flexibility index (Phi) is 5.56. The van der Waals surface area contributed by atoms with Crippen molar-refractivity contribution in [2.75, 3.05) is 31.1 Å². The number of halogens is 2. The van der Waals surface area contributed by atoms with E-state index >= 15 is 0 Å². The van der Waals surface area contributed by atoms with E-state index in [0.717, 1.165) is 11.4 Å². The Hall–Kier alpha value is -2.79. The first-order valence-corrected chi connectivity index (χ1v) is 10.9. The van der Waals surface area contributed by atoms with Crippen molar-refractivity contribution in [1.29, 1.82) is 0 Å². The van der Waals surface area contributed by atoms with Crippen molar-refractivity contribution in [1.82, 2.24) is 14.4 Å². The number of aromatic nitrogens is 2. The van der Waals surface area contributed by atoms with Crippen molar-refractivity contribution in [2.45, 2.75) is 19.3 Å². The average molecular weight is 438 g/mol. The van der Waals surface area contributed by atoms with Crippen LogP contribution in [0.15, 0.2) is 41.1 Å². The Labute approximate surface area is 172 Å². The van der Waals surface area contributed by atoms with Crippen LogP contribution in [0.2, 0.25) is 0 Å². The lowest BCUT2D eigenvalue weighted by atomic mass is 10.1. The fraction of sp³-hybridized carbons (Fsp3) is 0.368. The number of aryl methyl sites for hydroxylation is 1. The lowest BCUT2D eigenvalue weighted by Gasteiger charge is -2.36. The molecule has 1 aliphatic rings. The lowest BCUT2D eigenvalue weighted by molar-refractivity contribution is -0.0497. The Balaban J connectivity index is 1.55. The minimum absolute atomic E-state index is 0.0539. The van der Waals surface area contributed by atoms with E-state index in [1.54, 1.807) is 6.07 Å². The molecular weight excluding hydrogens is 418 g/mol. The number of alkyl halides is 2. The molecule has 1 aliphatic heterocycles. The average Bonchev–Trinajstić information content (AvgIpc) is 3.19. The molecule has 160 valence electrons. The van der Waals surface area contributed by atoms with Gasteiger partial charge in [0, 0.05) is 49.0 Å². The summed E-state index contributed by atoms with van der Waals surface area (Å²) in [6.07, 6.45) is 1.34. The quantitative estimate of drug-likeness (QED) is 0.585. The summed E-state index contributed by atoms with van der Waals surface area (Å²) in [6, 6.07) is 8.03. The van der Waals surface area contributed by atoms with Gasteiger partial charge in [0.1, 0.15) is 17.8 Å². The summed E-state index contributed by atoms with van der Waals surface area (Å²) in [6.45, 7) is 0.452. The number of fused-ring (bicyclic) bond motifs is 1. The smallest absolute Gasteiger partial charge is 0.387 e. The van der Waals surface area contributed by atoms with Gasteiger partial charge in [0.15, 0.2) is 0 Å². The molecule has 0 radical (unpaired) electrons. The summed E-state index contributed by atoms with van der Waals surface area (Å²) in [5, 5.41) is 4.35. The van der Waals surface area contributed by atoms with Crippen molar-refractivity contribution < 1.29 is 26.5 Å². The highest BCUT2D eigenvalue weighted by Crippen LogP contribution is 2.31. The fourth-order valence-electron chi connectivity index (χ4n) is 3.55. The van der Waals surface area contributed by atoms with E-state index in [1.165, 1.54) is 28.8 Å². The van der Waals surface area contributed by atoms with Crippen LogP contribution >= 0.6 is 0 Å². The predicted molar refractivity (Wildman–Crippen MR) is 106 cm³/mol. The molecule has 4 rings (SSSR count). The van der Waals surface area contributed by atoms with Gasteiger partial charge in [0.25, 0.3) is 0 Å².